The molecule has 9 atom stereocenters. The van der Waals surface area contributed by atoms with Crippen molar-refractivity contribution in [3.8, 4) is 0 Å². The summed E-state index contributed by atoms with van der Waals surface area (Å²) in [4.78, 5) is 10.7. The lowest BCUT2D eigenvalue weighted by Crippen LogP contribution is -2.60. The molecule has 0 radical (unpaired) electrons. The summed E-state index contributed by atoms with van der Waals surface area (Å²) >= 11 is 0. The van der Waals surface area contributed by atoms with Crippen molar-refractivity contribution in [3.05, 3.63) is 0 Å². The van der Waals surface area contributed by atoms with E-state index in [9.17, 15) is 40.5 Å². The second-order valence-corrected chi connectivity index (χ2v) is 5.50. The zero-order valence-electron chi connectivity index (χ0n) is 12.1. The lowest BCUT2D eigenvalue weighted by molar-refractivity contribution is -0.238. The van der Waals surface area contributed by atoms with E-state index in [2.05, 4.69) is 0 Å². The molecule has 0 bridgehead atoms. The Hall–Kier alpha value is -0.890. The molecule has 10 N–H and O–H groups in total. The maximum absolute atomic E-state index is 10.7. The Bertz CT molecular complexity index is 394. The van der Waals surface area contributed by atoms with Crippen molar-refractivity contribution in [2.24, 2.45) is 5.73 Å². The summed E-state index contributed by atoms with van der Waals surface area (Å²) in [5.41, 5.74) is 4.76. The molecule has 1 heterocycles. The van der Waals surface area contributed by atoms with Crippen molar-refractivity contribution in [3.63, 3.8) is 0 Å². The van der Waals surface area contributed by atoms with Gasteiger partial charge in [0.2, 0.25) is 5.91 Å². The smallest absolute Gasteiger partial charge is 0.249 e. The van der Waals surface area contributed by atoms with E-state index in [-0.39, 0.29) is 0 Å². The molecular weight excluding hydrogens is 318 g/mol. The van der Waals surface area contributed by atoms with Crippen LogP contribution in [-0.4, -0.2) is 108 Å². The number of carbonyl (C=O) groups excluding carboxylic acids is 1. The van der Waals surface area contributed by atoms with Crippen LogP contribution in [0.5, 0.6) is 0 Å². The molecule has 1 aliphatic rings. The van der Waals surface area contributed by atoms with Gasteiger partial charge in [0, 0.05) is 6.42 Å². The summed E-state index contributed by atoms with van der Waals surface area (Å²) < 4.78 is 5.12. The first-order valence-corrected chi connectivity index (χ1v) is 6.93. The molecule has 11 heteroatoms. The highest BCUT2D eigenvalue weighted by atomic mass is 16.5. The largest absolute Gasteiger partial charge is 0.394 e. The number of aliphatic hydroxyl groups is 8. The van der Waals surface area contributed by atoms with E-state index in [1.165, 1.54) is 0 Å². The van der Waals surface area contributed by atoms with Gasteiger partial charge in [-0.05, 0) is 0 Å². The Morgan fingerprint density at radius 3 is 1.96 bits per heavy atom. The quantitative estimate of drug-likeness (QED) is 0.214. The minimum atomic E-state index is -2.12. The zero-order chi connectivity index (χ0) is 17.9. The number of rotatable bonds is 7. The first-order valence-electron chi connectivity index (χ1n) is 6.93. The lowest BCUT2D eigenvalue weighted by Gasteiger charge is -2.41. The SMILES string of the molecule is NC(=O)[C@H](O)[C@@H](O)[C@H](O)[C@H](O)CC1O[C@H](CO)[C@@H](O)[C@H](O)[C@H]1O. The predicted octanol–water partition coefficient (Wildman–Crippen LogP) is -5.85. The average molecular weight is 341 g/mol. The molecule has 1 rings (SSSR count). The molecule has 23 heavy (non-hydrogen) atoms. The van der Waals surface area contributed by atoms with Gasteiger partial charge in [0.05, 0.1) is 18.8 Å². The first-order chi connectivity index (χ1) is 10.6. The number of ether oxygens (including phenoxy) is 1. The van der Waals surface area contributed by atoms with Gasteiger partial charge in [-0.15, -0.1) is 0 Å². The van der Waals surface area contributed by atoms with Crippen LogP contribution in [0.2, 0.25) is 0 Å². The molecule has 0 aromatic rings. The van der Waals surface area contributed by atoms with Gasteiger partial charge in [0.15, 0.2) is 6.10 Å². The first kappa shape index (κ1) is 20.2. The van der Waals surface area contributed by atoms with Crippen LogP contribution in [-0.2, 0) is 9.53 Å². The monoisotopic (exact) mass is 341 g/mol. The van der Waals surface area contributed by atoms with Crippen LogP contribution in [0, 0.1) is 0 Å². The normalized spacial score (nSPS) is 37.0. The molecule has 1 amide bonds. The van der Waals surface area contributed by atoms with Crippen LogP contribution in [0.1, 0.15) is 6.42 Å². The van der Waals surface area contributed by atoms with Crippen LogP contribution >= 0.6 is 0 Å². The van der Waals surface area contributed by atoms with E-state index in [1.807, 2.05) is 0 Å². The highest BCUT2D eigenvalue weighted by molar-refractivity contribution is 5.79. The fourth-order valence-electron chi connectivity index (χ4n) is 2.33. The van der Waals surface area contributed by atoms with Gasteiger partial charge < -0.3 is 51.3 Å². The van der Waals surface area contributed by atoms with Crippen LogP contribution in [0.4, 0.5) is 0 Å². The molecule has 1 saturated heterocycles. The maximum atomic E-state index is 10.7. The Kier molecular flexibility index (Phi) is 7.26. The van der Waals surface area contributed by atoms with Crippen LogP contribution < -0.4 is 5.73 Å². The van der Waals surface area contributed by atoms with Gasteiger partial charge in [0.25, 0.3) is 0 Å². The molecule has 1 unspecified atom stereocenters. The number of carbonyl (C=O) groups is 1. The predicted molar refractivity (Wildman–Crippen MR) is 71.6 cm³/mol. The standard InChI is InChI=1S/C12H23NO10/c13-12(22)11(21)9(19)6(16)3(15)1-4-7(17)10(20)8(18)5(2-14)23-4/h3-11,14-21H,1-2H2,(H2,13,22)/t3-,4?,5-,6-,7+,8-,9+,10-,11-/m1/s1. The van der Waals surface area contributed by atoms with Crippen molar-refractivity contribution in [1.29, 1.82) is 0 Å². The van der Waals surface area contributed by atoms with E-state index in [1.54, 1.807) is 0 Å². The van der Waals surface area contributed by atoms with E-state index < -0.39 is 73.9 Å². The Morgan fingerprint density at radius 1 is 0.957 bits per heavy atom. The Morgan fingerprint density at radius 2 is 1.48 bits per heavy atom. The van der Waals surface area contributed by atoms with Gasteiger partial charge in [0.1, 0.15) is 36.6 Å². The number of aliphatic hydroxyl groups excluding tert-OH is 8. The summed E-state index contributed by atoms with van der Waals surface area (Å²) in [5, 5.41) is 76.3. The van der Waals surface area contributed by atoms with E-state index in [0.29, 0.717) is 0 Å². The number of hydrogen-bond donors (Lipinski definition) is 9. The maximum Gasteiger partial charge on any atom is 0.249 e. The fourth-order valence-corrected chi connectivity index (χ4v) is 2.33. The molecule has 0 aromatic carbocycles. The third-order valence-corrected chi connectivity index (χ3v) is 3.82. The molecule has 11 nitrogen and oxygen atoms in total. The average Bonchev–Trinajstić information content (AvgIpc) is 2.52. The van der Waals surface area contributed by atoms with Crippen molar-refractivity contribution in [1.82, 2.24) is 0 Å². The summed E-state index contributed by atoms with van der Waals surface area (Å²) in [5.74, 6) is -1.31. The van der Waals surface area contributed by atoms with Gasteiger partial charge in [-0.25, -0.2) is 0 Å². The van der Waals surface area contributed by atoms with E-state index in [0.717, 1.165) is 0 Å². The molecule has 1 fully saturated rings. The van der Waals surface area contributed by atoms with Crippen LogP contribution in [0.15, 0.2) is 0 Å². The zero-order valence-corrected chi connectivity index (χ0v) is 12.1. The molecular formula is C12H23NO10. The topological polar surface area (TPSA) is 214 Å². The minimum Gasteiger partial charge on any atom is -0.394 e. The van der Waals surface area contributed by atoms with Crippen molar-refractivity contribution in [2.45, 2.75) is 61.4 Å². The molecule has 136 valence electrons. The summed E-state index contributed by atoms with van der Waals surface area (Å²) in [6.07, 6.45) is -15.8. The lowest BCUT2D eigenvalue weighted by atomic mass is 9.90. The number of hydrogen-bond acceptors (Lipinski definition) is 10. The Labute approximate surface area is 131 Å². The van der Waals surface area contributed by atoms with Crippen LogP contribution in [0.25, 0.3) is 0 Å². The van der Waals surface area contributed by atoms with E-state index in [4.69, 9.17) is 15.6 Å². The summed E-state index contributed by atoms with van der Waals surface area (Å²) in [6.45, 7) is -0.664. The van der Waals surface area contributed by atoms with Crippen LogP contribution in [0.3, 0.4) is 0 Å². The molecule has 1 aliphatic heterocycles. The molecule has 0 aliphatic carbocycles. The highest BCUT2D eigenvalue weighted by Gasteiger charge is 2.45. The van der Waals surface area contributed by atoms with Gasteiger partial charge >= 0.3 is 0 Å². The van der Waals surface area contributed by atoms with Gasteiger partial charge in [-0.1, -0.05) is 0 Å². The van der Waals surface area contributed by atoms with Crippen molar-refractivity contribution >= 4 is 5.91 Å². The van der Waals surface area contributed by atoms with Gasteiger partial charge in [-0.3, -0.25) is 4.79 Å². The minimum absolute atomic E-state index is 0.523. The number of nitrogens with two attached hydrogens (primary N) is 1. The molecule has 0 spiro atoms. The highest BCUT2D eigenvalue weighted by Crippen LogP contribution is 2.25. The van der Waals surface area contributed by atoms with Crippen molar-refractivity contribution < 1.29 is 50.4 Å². The van der Waals surface area contributed by atoms with Crippen molar-refractivity contribution in [2.75, 3.05) is 6.61 Å². The van der Waals surface area contributed by atoms with Gasteiger partial charge in [-0.2, -0.15) is 0 Å². The summed E-state index contributed by atoms with van der Waals surface area (Å²) in [7, 11) is 0. The third-order valence-electron chi connectivity index (χ3n) is 3.82. The second kappa shape index (κ2) is 8.28. The Balaban J connectivity index is 2.71. The number of primary amides is 1. The second-order valence-electron chi connectivity index (χ2n) is 5.50. The summed E-state index contributed by atoms with van der Waals surface area (Å²) in [6, 6.07) is 0. The third kappa shape index (κ3) is 4.56. The fraction of sp³-hybridized carbons (Fsp3) is 0.917. The molecule has 0 aromatic heterocycles. The number of amides is 1. The van der Waals surface area contributed by atoms with E-state index >= 15 is 0 Å². The molecule has 0 saturated carbocycles.